The number of rotatable bonds is 8. The van der Waals surface area contributed by atoms with Crippen LogP contribution in [0.1, 0.15) is 6.92 Å². The predicted octanol–water partition coefficient (Wildman–Crippen LogP) is 2.98. The van der Waals surface area contributed by atoms with Crippen LogP contribution in [0.2, 0.25) is 0 Å². The second kappa shape index (κ2) is 10.9. The van der Waals surface area contributed by atoms with E-state index < -0.39 is 16.1 Å². The van der Waals surface area contributed by atoms with Gasteiger partial charge in [0.2, 0.25) is 0 Å². The van der Waals surface area contributed by atoms with Gasteiger partial charge in [-0.3, -0.25) is 19.7 Å². The molecular weight excluding hydrogens is 434 g/mol. The van der Waals surface area contributed by atoms with Crippen LogP contribution >= 0.6 is 11.8 Å². The van der Waals surface area contributed by atoms with E-state index >= 15 is 0 Å². The molecule has 9 nitrogen and oxygen atoms in total. The van der Waals surface area contributed by atoms with Crippen molar-refractivity contribution in [3.63, 3.8) is 0 Å². The van der Waals surface area contributed by atoms with Crippen molar-refractivity contribution in [3.8, 4) is 5.75 Å². The first kappa shape index (κ1) is 23.4. The highest BCUT2D eigenvalue weighted by Gasteiger charge is 2.24. The van der Waals surface area contributed by atoms with Gasteiger partial charge in [-0.2, -0.15) is 0 Å². The summed E-state index contributed by atoms with van der Waals surface area (Å²) >= 11 is 1.22. The standard InChI is InChI=1S/C22H25N3O6S/c1-16(32-20-9-5-18(6-10-20)25(28)29)22(27)31-15-21(26)24-13-11-23(12-14-24)17-3-7-19(30-2)8-4-17/h3-10,16H,11-15H2,1-2H3. The first-order valence-corrected chi connectivity index (χ1v) is 11.0. The van der Waals surface area contributed by atoms with Crippen LogP contribution in [-0.4, -0.2) is 66.8 Å². The zero-order chi connectivity index (χ0) is 23.1. The lowest BCUT2D eigenvalue weighted by Gasteiger charge is -2.36. The van der Waals surface area contributed by atoms with Gasteiger partial charge in [-0.05, 0) is 43.3 Å². The fraction of sp³-hybridized carbons (Fsp3) is 0.364. The number of benzene rings is 2. The molecule has 0 radical (unpaired) electrons. The molecule has 1 amide bonds. The number of hydrogen-bond acceptors (Lipinski definition) is 8. The molecular formula is C22H25N3O6S. The first-order valence-electron chi connectivity index (χ1n) is 10.1. The van der Waals surface area contributed by atoms with Crippen LogP contribution in [0.4, 0.5) is 11.4 Å². The van der Waals surface area contributed by atoms with Crippen LogP contribution < -0.4 is 9.64 Å². The molecule has 32 heavy (non-hydrogen) atoms. The topological polar surface area (TPSA) is 102 Å². The van der Waals surface area contributed by atoms with Gasteiger partial charge in [0.1, 0.15) is 11.0 Å². The van der Waals surface area contributed by atoms with Crippen LogP contribution in [0.15, 0.2) is 53.4 Å². The van der Waals surface area contributed by atoms with Gasteiger partial charge in [0.05, 0.1) is 12.0 Å². The maximum absolute atomic E-state index is 12.5. The van der Waals surface area contributed by atoms with E-state index in [1.54, 1.807) is 31.1 Å². The fourth-order valence-corrected chi connectivity index (χ4v) is 4.11. The first-order chi connectivity index (χ1) is 15.4. The van der Waals surface area contributed by atoms with Crippen molar-refractivity contribution < 1.29 is 24.0 Å². The van der Waals surface area contributed by atoms with E-state index in [1.165, 1.54) is 23.9 Å². The minimum atomic E-state index is -0.545. The molecule has 10 heteroatoms. The predicted molar refractivity (Wildman–Crippen MR) is 121 cm³/mol. The van der Waals surface area contributed by atoms with E-state index in [-0.39, 0.29) is 18.2 Å². The number of methoxy groups -OCH3 is 1. The maximum atomic E-state index is 12.5. The highest BCUT2D eigenvalue weighted by atomic mass is 32.2. The minimum Gasteiger partial charge on any atom is -0.497 e. The van der Waals surface area contributed by atoms with Crippen LogP contribution in [0.25, 0.3) is 0 Å². The molecule has 2 aromatic carbocycles. The van der Waals surface area contributed by atoms with Gasteiger partial charge in [-0.1, -0.05) is 0 Å². The van der Waals surface area contributed by atoms with E-state index in [1.807, 2.05) is 24.3 Å². The lowest BCUT2D eigenvalue weighted by Crippen LogP contribution is -2.50. The van der Waals surface area contributed by atoms with Gasteiger partial charge in [0, 0.05) is 48.9 Å². The third-order valence-electron chi connectivity index (χ3n) is 5.10. The molecule has 0 bridgehead atoms. The zero-order valence-electron chi connectivity index (χ0n) is 17.9. The van der Waals surface area contributed by atoms with Gasteiger partial charge in [0.15, 0.2) is 6.61 Å². The maximum Gasteiger partial charge on any atom is 0.319 e. The van der Waals surface area contributed by atoms with E-state index in [9.17, 15) is 19.7 Å². The number of esters is 1. The quantitative estimate of drug-likeness (QED) is 0.257. The van der Waals surface area contributed by atoms with Crippen molar-refractivity contribution in [3.05, 3.63) is 58.6 Å². The molecule has 0 spiro atoms. The average molecular weight is 460 g/mol. The SMILES string of the molecule is COc1ccc(N2CCN(C(=O)COC(=O)C(C)Sc3ccc([N+](=O)[O-])cc3)CC2)cc1. The molecule has 1 heterocycles. The Hall–Kier alpha value is -3.27. The number of thioether (sulfide) groups is 1. The molecule has 1 fully saturated rings. The Morgan fingerprint density at radius 1 is 1.06 bits per heavy atom. The number of non-ortho nitro benzene ring substituents is 1. The van der Waals surface area contributed by atoms with Gasteiger partial charge in [0.25, 0.3) is 11.6 Å². The number of nitrogens with zero attached hydrogens (tertiary/aromatic N) is 3. The number of amides is 1. The summed E-state index contributed by atoms with van der Waals surface area (Å²) in [6.45, 7) is 3.86. The van der Waals surface area contributed by atoms with Crippen molar-refractivity contribution in [1.29, 1.82) is 0 Å². The Morgan fingerprint density at radius 3 is 2.25 bits per heavy atom. The minimum absolute atomic E-state index is 0.0118. The van der Waals surface area contributed by atoms with Gasteiger partial charge in [-0.15, -0.1) is 11.8 Å². The third-order valence-corrected chi connectivity index (χ3v) is 6.19. The van der Waals surface area contributed by atoms with Crippen LogP contribution in [0, 0.1) is 10.1 Å². The smallest absolute Gasteiger partial charge is 0.319 e. The van der Waals surface area contributed by atoms with Crippen molar-refractivity contribution in [2.45, 2.75) is 17.1 Å². The average Bonchev–Trinajstić information content (AvgIpc) is 2.82. The third kappa shape index (κ3) is 6.13. The van der Waals surface area contributed by atoms with Crippen LogP contribution in [-0.2, 0) is 14.3 Å². The Bertz CT molecular complexity index is 943. The van der Waals surface area contributed by atoms with Crippen molar-refractivity contribution in [2.75, 3.05) is 44.8 Å². The second-order valence-corrected chi connectivity index (χ2v) is 8.60. The fourth-order valence-electron chi connectivity index (χ4n) is 3.25. The van der Waals surface area contributed by atoms with E-state index in [2.05, 4.69) is 4.90 Å². The van der Waals surface area contributed by atoms with Crippen LogP contribution in [0.3, 0.4) is 0 Å². The second-order valence-electron chi connectivity index (χ2n) is 7.18. The summed E-state index contributed by atoms with van der Waals surface area (Å²) in [5.41, 5.74) is 1.06. The number of anilines is 1. The summed E-state index contributed by atoms with van der Waals surface area (Å²) in [7, 11) is 1.63. The number of nitro benzene ring substituents is 1. The number of piperazine rings is 1. The molecule has 0 N–H and O–H groups in total. The molecule has 1 aliphatic rings. The van der Waals surface area contributed by atoms with E-state index in [0.29, 0.717) is 31.1 Å². The van der Waals surface area contributed by atoms with Crippen molar-refractivity contribution in [2.24, 2.45) is 0 Å². The van der Waals surface area contributed by atoms with Gasteiger partial charge >= 0.3 is 5.97 Å². The zero-order valence-corrected chi connectivity index (χ0v) is 18.7. The molecule has 2 aromatic rings. The Morgan fingerprint density at radius 2 is 1.69 bits per heavy atom. The molecule has 1 unspecified atom stereocenters. The van der Waals surface area contributed by atoms with Crippen molar-refractivity contribution >= 4 is 35.0 Å². The number of ether oxygens (including phenoxy) is 2. The lowest BCUT2D eigenvalue weighted by molar-refractivity contribution is -0.384. The molecule has 170 valence electrons. The number of hydrogen-bond donors (Lipinski definition) is 0. The highest BCUT2D eigenvalue weighted by Crippen LogP contribution is 2.26. The van der Waals surface area contributed by atoms with Gasteiger partial charge < -0.3 is 19.3 Å². The Labute approximate surface area is 190 Å². The summed E-state index contributed by atoms with van der Waals surface area (Å²) in [5, 5.41) is 10.2. The summed E-state index contributed by atoms with van der Waals surface area (Å²) < 4.78 is 10.4. The van der Waals surface area contributed by atoms with E-state index in [4.69, 9.17) is 9.47 Å². The summed E-state index contributed by atoms with van der Waals surface area (Å²) in [5.74, 6) is 0.0733. The summed E-state index contributed by atoms with van der Waals surface area (Å²) in [4.78, 5) is 39.6. The molecule has 0 aromatic heterocycles. The van der Waals surface area contributed by atoms with Gasteiger partial charge in [-0.25, -0.2) is 0 Å². The molecule has 0 aliphatic carbocycles. The number of carbonyl (C=O) groups is 2. The molecule has 3 rings (SSSR count). The lowest BCUT2D eigenvalue weighted by atomic mass is 10.2. The number of nitro groups is 1. The molecule has 1 aliphatic heterocycles. The van der Waals surface area contributed by atoms with Crippen molar-refractivity contribution in [1.82, 2.24) is 4.90 Å². The Kier molecular flexibility index (Phi) is 7.93. The monoisotopic (exact) mass is 459 g/mol. The highest BCUT2D eigenvalue weighted by molar-refractivity contribution is 8.00. The summed E-state index contributed by atoms with van der Waals surface area (Å²) in [6, 6.07) is 13.7. The Balaban J connectivity index is 1.41. The summed E-state index contributed by atoms with van der Waals surface area (Å²) in [6.07, 6.45) is 0. The van der Waals surface area contributed by atoms with E-state index in [0.717, 1.165) is 11.4 Å². The number of carbonyl (C=O) groups excluding carboxylic acids is 2. The van der Waals surface area contributed by atoms with Crippen LogP contribution in [0.5, 0.6) is 5.75 Å². The largest absolute Gasteiger partial charge is 0.497 e. The normalized spacial score (nSPS) is 14.6. The molecule has 0 saturated carbocycles. The molecule has 1 saturated heterocycles. The molecule has 1 atom stereocenters.